The van der Waals surface area contributed by atoms with Crippen molar-refractivity contribution in [3.8, 4) is 0 Å². The molecule has 466 valence electrons. The molecule has 0 spiro atoms. The van der Waals surface area contributed by atoms with E-state index < -0.39 is 84.3 Å². The minimum Gasteiger partial charge on any atom is -0.445 e. The molecule has 2 aromatic rings. The minimum absolute atomic E-state index is 0.0266. The van der Waals surface area contributed by atoms with Gasteiger partial charge in [0.2, 0.25) is 35.4 Å². The van der Waals surface area contributed by atoms with E-state index in [1.54, 1.807) is 88.1 Å². The monoisotopic (exact) mass is 1160 g/mol. The predicted molar refractivity (Wildman–Crippen MR) is 322 cm³/mol. The number of aliphatic imine (C=N–C) groups is 1. The lowest BCUT2D eigenvalue weighted by Gasteiger charge is -2.40. The van der Waals surface area contributed by atoms with Gasteiger partial charge in [-0.2, -0.15) is 0 Å². The summed E-state index contributed by atoms with van der Waals surface area (Å²) in [4.78, 5) is 106. The highest BCUT2D eigenvalue weighted by atomic mass is 16.6. The summed E-state index contributed by atoms with van der Waals surface area (Å²) < 4.78 is 17.7. The lowest BCUT2D eigenvalue weighted by atomic mass is 9.89. The summed E-state index contributed by atoms with van der Waals surface area (Å²) in [5.41, 5.74) is 12.7. The Bertz CT molecular complexity index is 2410. The molecule has 1 aliphatic heterocycles. The van der Waals surface area contributed by atoms with Crippen molar-refractivity contribution in [3.63, 3.8) is 0 Å². The van der Waals surface area contributed by atoms with Crippen molar-refractivity contribution in [2.45, 2.75) is 182 Å². The van der Waals surface area contributed by atoms with Gasteiger partial charge >= 0.3 is 6.09 Å². The predicted octanol–water partition coefficient (Wildman–Crippen LogP) is 4.94. The highest BCUT2D eigenvalue weighted by molar-refractivity contribution is 5.98. The first-order valence-electron chi connectivity index (χ1n) is 29.4. The fourth-order valence-electron chi connectivity index (χ4n) is 10.8. The Labute approximate surface area is 493 Å². The van der Waals surface area contributed by atoms with E-state index in [1.807, 2.05) is 73.6 Å². The topological polar surface area (TPSA) is 302 Å². The van der Waals surface area contributed by atoms with E-state index in [-0.39, 0.29) is 85.3 Å². The second kappa shape index (κ2) is 34.4. The lowest BCUT2D eigenvalue weighted by Crippen LogP contribution is -2.60. The van der Waals surface area contributed by atoms with Crippen LogP contribution in [0.25, 0.3) is 0 Å². The van der Waals surface area contributed by atoms with Crippen molar-refractivity contribution >= 4 is 53.2 Å². The maximum Gasteiger partial charge on any atom is 0.410 e. The van der Waals surface area contributed by atoms with Crippen molar-refractivity contribution in [3.05, 3.63) is 65.7 Å². The molecule has 2 aromatic carbocycles. The summed E-state index contributed by atoms with van der Waals surface area (Å²) in [7, 11) is 6.20. The van der Waals surface area contributed by atoms with Crippen LogP contribution in [0.4, 0.5) is 10.5 Å². The third kappa shape index (κ3) is 21.3. The van der Waals surface area contributed by atoms with Gasteiger partial charge < -0.3 is 67.2 Å². The number of hydrogen-bond acceptors (Lipinski definition) is 13. The van der Waals surface area contributed by atoms with E-state index in [4.69, 9.17) is 25.7 Å². The molecule has 0 aromatic heterocycles. The van der Waals surface area contributed by atoms with E-state index in [2.05, 4.69) is 31.6 Å². The molecular weight excluding hydrogens is 1060 g/mol. The number of benzene rings is 2. The molecule has 1 fully saturated rings. The van der Waals surface area contributed by atoms with Crippen molar-refractivity contribution in [1.29, 1.82) is 0 Å². The van der Waals surface area contributed by atoms with Gasteiger partial charge in [-0.25, -0.2) is 4.79 Å². The van der Waals surface area contributed by atoms with Crippen molar-refractivity contribution < 1.29 is 52.9 Å². The van der Waals surface area contributed by atoms with Crippen LogP contribution in [0.5, 0.6) is 0 Å². The third-order valence-corrected chi connectivity index (χ3v) is 15.7. The van der Waals surface area contributed by atoms with Gasteiger partial charge in [0.1, 0.15) is 24.7 Å². The maximum absolute atomic E-state index is 14.7. The van der Waals surface area contributed by atoms with Crippen LogP contribution in [0.1, 0.15) is 132 Å². The first kappa shape index (κ1) is 70.9. The number of methoxy groups -OCH3 is 2. The summed E-state index contributed by atoms with van der Waals surface area (Å²) in [6, 6.07) is 11.3. The van der Waals surface area contributed by atoms with Crippen LogP contribution in [-0.2, 0) is 49.6 Å². The number of amides is 7. The van der Waals surface area contributed by atoms with Gasteiger partial charge in [-0.1, -0.05) is 125 Å². The number of hydrogen-bond donors (Lipinski definition) is 8. The molecule has 3 rings (SSSR count). The van der Waals surface area contributed by atoms with Crippen LogP contribution in [0.15, 0.2) is 59.6 Å². The summed E-state index contributed by atoms with van der Waals surface area (Å²) in [6.07, 6.45) is -0.944. The Hall–Kier alpha value is -6.36. The fraction of sp³-hybridized carbons (Fsp3) is 0.672. The molecule has 0 radical (unpaired) electrons. The average molecular weight is 1160 g/mol. The molecule has 0 saturated carbocycles. The number of rotatable bonds is 33. The number of likely N-dealkylation sites (N-methyl/N-ethyl adjacent to an activating group) is 2. The molecule has 1 saturated heterocycles. The second-order valence-electron chi connectivity index (χ2n) is 23.7. The molecule has 0 bridgehead atoms. The Morgan fingerprint density at radius 3 is 1.93 bits per heavy atom. The summed E-state index contributed by atoms with van der Waals surface area (Å²) >= 11 is 0. The quantitative estimate of drug-likeness (QED) is 0.0267. The highest BCUT2D eigenvalue weighted by Gasteiger charge is 2.42. The van der Waals surface area contributed by atoms with Gasteiger partial charge in [-0.15, -0.1) is 0 Å². The molecule has 1 aliphatic rings. The van der Waals surface area contributed by atoms with Crippen molar-refractivity contribution in [2.24, 2.45) is 52.0 Å². The Morgan fingerprint density at radius 1 is 0.759 bits per heavy atom. The number of aliphatic hydroxyl groups is 1. The SMILES string of the molecule is CC[C@H](C)[C@@H]([C@@H](CC(=O)N1CC[C@@H]([C@H](OC)[C@@H](C)C(=O)N[C@H](C)[C@@H](O)c2ccccc2)C1)OC)N(C)C(=O)[C@@H](NC(=O)[C@H](C(C)C)N(C)C(=O)OCc1ccc(NC(=O)[C@H](CCCN=C(N)N)NC(=O)[C@@H](NC(C)C)C(C)C)cc1)C(C)C. The number of carbonyl (C=O) groups excluding carboxylic acids is 7. The molecule has 0 unspecified atom stereocenters. The first-order valence-corrected chi connectivity index (χ1v) is 29.4. The van der Waals surface area contributed by atoms with Gasteiger partial charge in [0, 0.05) is 65.6 Å². The van der Waals surface area contributed by atoms with Crippen LogP contribution >= 0.6 is 0 Å². The number of likely N-dealkylation sites (tertiary alicyclic amines) is 1. The molecule has 83 heavy (non-hydrogen) atoms. The average Bonchev–Trinajstić information content (AvgIpc) is 4.21. The van der Waals surface area contributed by atoms with E-state index >= 15 is 0 Å². The Kier molecular flexibility index (Phi) is 29.4. The number of anilines is 1. The maximum atomic E-state index is 14.7. The van der Waals surface area contributed by atoms with Crippen LogP contribution in [0.2, 0.25) is 0 Å². The minimum atomic E-state index is -1.03. The smallest absolute Gasteiger partial charge is 0.410 e. The summed E-state index contributed by atoms with van der Waals surface area (Å²) in [5, 5.41) is 25.8. The van der Waals surface area contributed by atoms with E-state index in [0.717, 1.165) is 0 Å². The molecule has 7 amide bonds. The fourth-order valence-corrected chi connectivity index (χ4v) is 10.8. The number of nitrogens with one attached hydrogen (secondary N) is 5. The lowest BCUT2D eigenvalue weighted by molar-refractivity contribution is -0.146. The molecule has 22 nitrogen and oxygen atoms in total. The van der Waals surface area contributed by atoms with Crippen LogP contribution in [0, 0.1) is 35.5 Å². The number of aliphatic hydroxyl groups excluding tert-OH is 1. The molecular formula is C61H101N11O11. The highest BCUT2D eigenvalue weighted by Crippen LogP contribution is 2.30. The number of nitrogens with two attached hydrogens (primary N) is 2. The number of guanidine groups is 1. The van der Waals surface area contributed by atoms with Crippen LogP contribution in [-0.4, -0.2) is 170 Å². The Balaban J connectivity index is 1.67. The van der Waals surface area contributed by atoms with Crippen molar-refractivity contribution in [1.82, 2.24) is 36.0 Å². The zero-order valence-corrected chi connectivity index (χ0v) is 52.3. The van der Waals surface area contributed by atoms with Gasteiger partial charge in [0.05, 0.1) is 48.8 Å². The molecule has 12 atom stereocenters. The number of ether oxygens (including phenoxy) is 3. The standard InChI is InChI=1S/C61H101N11O11/c1-17-39(10)52(47(81-15)32-48(73)72-31-29-44(33-72)54(82-16)40(11)55(75)66-41(12)53(74)43-22-19-18-20-23-43)70(13)59(79)50(36(4)5)69-58(78)51(37(6)7)71(14)61(80)83-34-42-25-27-45(28-26-42)67-56(76)46(24-21-30-64-60(62)63)68-57(77)49(35(2)3)65-38(8)9/h18-20,22-23,25-28,35-41,44,46-47,49-54,65,74H,17,21,24,29-34H2,1-16H3,(H,66,75)(H,67,76)(H,68,77)(H,69,78)(H4,62,63,64)/t39-,40+,41+,44+,46-,47+,49-,50-,51-,52-,53+,54+/m0/s1. The van der Waals surface area contributed by atoms with E-state index in [1.165, 1.54) is 19.1 Å². The summed E-state index contributed by atoms with van der Waals surface area (Å²) in [5.74, 6) is -3.84. The van der Waals surface area contributed by atoms with Gasteiger partial charge in [0.25, 0.3) is 0 Å². The Morgan fingerprint density at radius 2 is 1.39 bits per heavy atom. The van der Waals surface area contributed by atoms with Gasteiger partial charge in [-0.05, 0) is 73.1 Å². The molecule has 1 heterocycles. The first-order chi connectivity index (χ1) is 39.1. The van der Waals surface area contributed by atoms with Crippen LogP contribution < -0.4 is 38.1 Å². The number of nitrogens with zero attached hydrogens (tertiary/aromatic N) is 4. The zero-order valence-electron chi connectivity index (χ0n) is 52.3. The largest absolute Gasteiger partial charge is 0.445 e. The third-order valence-electron chi connectivity index (χ3n) is 15.7. The normalized spacial score (nSPS) is 17.5. The van der Waals surface area contributed by atoms with Crippen LogP contribution in [0.3, 0.4) is 0 Å². The van der Waals surface area contributed by atoms with E-state index in [9.17, 15) is 38.7 Å². The zero-order chi connectivity index (χ0) is 62.4. The molecule has 10 N–H and O–H groups in total. The summed E-state index contributed by atoms with van der Waals surface area (Å²) in [6.45, 7) is 23.4. The molecule has 0 aliphatic carbocycles. The van der Waals surface area contributed by atoms with E-state index in [0.29, 0.717) is 49.2 Å². The van der Waals surface area contributed by atoms with Gasteiger partial charge in [0.15, 0.2) is 5.96 Å². The van der Waals surface area contributed by atoms with Gasteiger partial charge in [-0.3, -0.25) is 38.7 Å². The second-order valence-corrected chi connectivity index (χ2v) is 23.7. The molecule has 22 heteroatoms. The number of carbonyl (C=O) groups is 7. The van der Waals surface area contributed by atoms with Crippen molar-refractivity contribution in [2.75, 3.05) is 53.3 Å².